The van der Waals surface area contributed by atoms with Crippen molar-refractivity contribution in [1.82, 2.24) is 0 Å². The zero-order valence-corrected chi connectivity index (χ0v) is 12.7. The fraction of sp³-hybridized carbons (Fsp3) is 0.368. The highest BCUT2D eigenvalue weighted by Gasteiger charge is 2.49. The molecule has 2 bridgehead atoms. The maximum Gasteiger partial charge on any atom is 0.598 e. The summed E-state index contributed by atoms with van der Waals surface area (Å²) in [6.45, 7) is 0. The zero-order valence-electron chi connectivity index (χ0n) is 12.7. The Morgan fingerprint density at radius 2 is 1.32 bits per heavy atom. The Bertz CT molecular complexity index is 560. The summed E-state index contributed by atoms with van der Waals surface area (Å²) in [5.41, 5.74) is 0. The van der Waals surface area contributed by atoms with Gasteiger partial charge in [-0.25, -0.2) is 0 Å². The quantitative estimate of drug-likeness (QED) is 0.735. The van der Waals surface area contributed by atoms with Crippen molar-refractivity contribution in [3.63, 3.8) is 0 Å². The van der Waals surface area contributed by atoms with E-state index in [1.165, 1.54) is 25.7 Å². The average molecular weight is 292 g/mol. The van der Waals surface area contributed by atoms with Crippen LogP contribution in [0.5, 0.6) is 11.5 Å². The van der Waals surface area contributed by atoms with E-state index in [4.69, 9.17) is 9.31 Å². The van der Waals surface area contributed by atoms with Gasteiger partial charge in [0.1, 0.15) is 11.5 Å². The summed E-state index contributed by atoms with van der Waals surface area (Å²) < 4.78 is 12.5. The molecule has 0 spiro atoms. The lowest BCUT2D eigenvalue weighted by molar-refractivity contribution is 0.356. The van der Waals surface area contributed by atoms with E-state index in [1.54, 1.807) is 0 Å². The highest BCUT2D eigenvalue weighted by atomic mass is 16.6. The maximum absolute atomic E-state index is 6.23. The second kappa shape index (κ2) is 6.08. The number of benzene rings is 2. The van der Waals surface area contributed by atoms with Gasteiger partial charge in [-0.1, -0.05) is 49.2 Å². The van der Waals surface area contributed by atoms with Crippen molar-refractivity contribution in [2.75, 3.05) is 0 Å². The Kier molecular flexibility index (Phi) is 3.80. The van der Waals surface area contributed by atoms with Crippen LogP contribution in [0.2, 0.25) is 5.82 Å². The SMILES string of the molecule is c1ccc(OB(Oc2ccccc2)C2CC3CCC2C3)cc1. The Hall–Kier alpha value is -1.90. The lowest BCUT2D eigenvalue weighted by Crippen LogP contribution is -2.37. The predicted octanol–water partition coefficient (Wildman–Crippen LogP) is 4.82. The van der Waals surface area contributed by atoms with Crippen LogP contribution in [0.4, 0.5) is 0 Å². The summed E-state index contributed by atoms with van der Waals surface area (Å²) in [6.07, 6.45) is 5.33. The molecule has 0 aromatic heterocycles. The molecule has 0 amide bonds. The van der Waals surface area contributed by atoms with Gasteiger partial charge in [0, 0.05) is 5.82 Å². The van der Waals surface area contributed by atoms with Crippen LogP contribution in [-0.4, -0.2) is 7.12 Å². The summed E-state index contributed by atoms with van der Waals surface area (Å²) in [6, 6.07) is 20.1. The zero-order chi connectivity index (χ0) is 14.8. The predicted molar refractivity (Wildman–Crippen MR) is 89.1 cm³/mol. The van der Waals surface area contributed by atoms with E-state index in [9.17, 15) is 0 Å². The van der Waals surface area contributed by atoms with Crippen molar-refractivity contribution in [2.24, 2.45) is 11.8 Å². The minimum atomic E-state index is -0.180. The third-order valence-electron chi connectivity index (χ3n) is 5.13. The summed E-state index contributed by atoms with van der Waals surface area (Å²) >= 11 is 0. The van der Waals surface area contributed by atoms with E-state index in [-0.39, 0.29) is 7.12 Å². The first-order chi connectivity index (χ1) is 10.9. The molecule has 2 saturated carbocycles. The van der Waals surface area contributed by atoms with Gasteiger partial charge < -0.3 is 9.31 Å². The number of rotatable bonds is 5. The first-order valence-electron chi connectivity index (χ1n) is 8.32. The average Bonchev–Trinajstić information content (AvgIpc) is 3.19. The number of hydrogen-bond acceptors (Lipinski definition) is 2. The van der Waals surface area contributed by atoms with Gasteiger partial charge in [-0.3, -0.25) is 0 Å². The lowest BCUT2D eigenvalue weighted by Gasteiger charge is -2.27. The monoisotopic (exact) mass is 292 g/mol. The second-order valence-electron chi connectivity index (χ2n) is 6.57. The van der Waals surface area contributed by atoms with E-state index < -0.39 is 0 Å². The molecule has 3 atom stereocenters. The minimum absolute atomic E-state index is 0.180. The third-order valence-corrected chi connectivity index (χ3v) is 5.13. The van der Waals surface area contributed by atoms with Crippen LogP contribution in [0, 0.1) is 11.8 Å². The topological polar surface area (TPSA) is 18.5 Å². The molecule has 3 heteroatoms. The summed E-state index contributed by atoms with van der Waals surface area (Å²) in [5, 5.41) is 0. The summed E-state index contributed by atoms with van der Waals surface area (Å²) in [4.78, 5) is 0. The molecule has 2 aliphatic rings. The van der Waals surface area contributed by atoms with Crippen LogP contribution in [0.25, 0.3) is 0 Å². The maximum atomic E-state index is 6.23. The van der Waals surface area contributed by atoms with E-state index in [0.717, 1.165) is 23.3 Å². The molecular formula is C19H21BO2. The number of fused-ring (bicyclic) bond motifs is 2. The van der Waals surface area contributed by atoms with Gasteiger partial charge in [0.2, 0.25) is 0 Å². The Morgan fingerprint density at radius 1 is 0.727 bits per heavy atom. The molecule has 2 nitrogen and oxygen atoms in total. The van der Waals surface area contributed by atoms with Gasteiger partial charge in [0.05, 0.1) is 0 Å². The molecule has 22 heavy (non-hydrogen) atoms. The minimum Gasteiger partial charge on any atom is -0.526 e. The molecule has 2 fully saturated rings. The van der Waals surface area contributed by atoms with Gasteiger partial charge in [-0.15, -0.1) is 0 Å². The number of para-hydroxylation sites is 2. The number of hydrogen-bond donors (Lipinski definition) is 0. The van der Waals surface area contributed by atoms with Crippen molar-refractivity contribution >= 4 is 7.12 Å². The molecule has 3 unspecified atom stereocenters. The molecule has 112 valence electrons. The van der Waals surface area contributed by atoms with Crippen molar-refractivity contribution in [3.05, 3.63) is 60.7 Å². The second-order valence-corrected chi connectivity index (χ2v) is 6.57. The fourth-order valence-corrected chi connectivity index (χ4v) is 4.09. The van der Waals surface area contributed by atoms with Gasteiger partial charge in [-0.2, -0.15) is 0 Å². The molecule has 2 aromatic rings. The van der Waals surface area contributed by atoms with Crippen molar-refractivity contribution in [2.45, 2.75) is 31.5 Å². The highest BCUT2D eigenvalue weighted by Crippen LogP contribution is 2.53. The Morgan fingerprint density at radius 3 is 1.77 bits per heavy atom. The van der Waals surface area contributed by atoms with Crippen LogP contribution < -0.4 is 9.31 Å². The molecule has 0 N–H and O–H groups in total. The van der Waals surface area contributed by atoms with Gasteiger partial charge in [0.25, 0.3) is 0 Å². The molecule has 0 heterocycles. The molecule has 2 aliphatic carbocycles. The summed E-state index contributed by atoms with van der Waals surface area (Å²) in [5.74, 6) is 3.95. The molecule has 0 aliphatic heterocycles. The normalized spacial score (nSPS) is 25.9. The smallest absolute Gasteiger partial charge is 0.526 e. The first kappa shape index (κ1) is 13.7. The lowest BCUT2D eigenvalue weighted by atomic mass is 9.63. The van der Waals surface area contributed by atoms with Crippen molar-refractivity contribution < 1.29 is 9.31 Å². The van der Waals surface area contributed by atoms with E-state index in [2.05, 4.69) is 0 Å². The Labute approximate surface area is 132 Å². The fourth-order valence-electron chi connectivity index (χ4n) is 4.09. The van der Waals surface area contributed by atoms with Crippen LogP contribution in [0.1, 0.15) is 25.7 Å². The van der Waals surface area contributed by atoms with Crippen LogP contribution >= 0.6 is 0 Å². The van der Waals surface area contributed by atoms with Crippen LogP contribution in [0.3, 0.4) is 0 Å². The van der Waals surface area contributed by atoms with Crippen LogP contribution in [-0.2, 0) is 0 Å². The van der Waals surface area contributed by atoms with E-state index in [1.807, 2.05) is 60.7 Å². The standard InChI is InChI=1S/C19H21BO2/c1-3-7-17(8-4-1)21-20(22-18-9-5-2-6-10-18)19-14-15-11-12-16(19)13-15/h1-10,15-16,19H,11-14H2. The van der Waals surface area contributed by atoms with Gasteiger partial charge in [-0.05, 0) is 48.9 Å². The molecule has 2 aromatic carbocycles. The third kappa shape index (κ3) is 2.85. The molecular weight excluding hydrogens is 271 g/mol. The van der Waals surface area contributed by atoms with E-state index >= 15 is 0 Å². The first-order valence-corrected chi connectivity index (χ1v) is 8.32. The van der Waals surface area contributed by atoms with Gasteiger partial charge >= 0.3 is 7.12 Å². The van der Waals surface area contributed by atoms with E-state index in [0.29, 0.717) is 5.82 Å². The molecule has 0 saturated heterocycles. The molecule has 0 radical (unpaired) electrons. The van der Waals surface area contributed by atoms with Gasteiger partial charge in [0.15, 0.2) is 0 Å². The Balaban J connectivity index is 1.54. The van der Waals surface area contributed by atoms with Crippen molar-refractivity contribution in [3.8, 4) is 11.5 Å². The molecule has 4 rings (SSSR count). The summed E-state index contributed by atoms with van der Waals surface area (Å²) in [7, 11) is -0.180. The van der Waals surface area contributed by atoms with Crippen LogP contribution in [0.15, 0.2) is 60.7 Å². The largest absolute Gasteiger partial charge is 0.598 e. The highest BCUT2D eigenvalue weighted by molar-refractivity contribution is 6.48. The van der Waals surface area contributed by atoms with Crippen molar-refractivity contribution in [1.29, 1.82) is 0 Å².